The van der Waals surface area contributed by atoms with Gasteiger partial charge in [-0.05, 0) is 55.3 Å². The summed E-state index contributed by atoms with van der Waals surface area (Å²) in [5, 5.41) is 0. The van der Waals surface area contributed by atoms with Gasteiger partial charge in [0.1, 0.15) is 10.5 Å². The minimum Gasteiger partial charge on any atom is -0.415 e. The number of hydrogen-bond acceptors (Lipinski definition) is 1. The van der Waals surface area contributed by atoms with Gasteiger partial charge in [-0.3, -0.25) is 0 Å². The Morgan fingerprint density at radius 2 is 1.72 bits per heavy atom. The molecule has 4 aliphatic rings. The van der Waals surface area contributed by atoms with Crippen LogP contribution in [0.5, 0.6) is 0 Å². The molecule has 100 valence electrons. The standard InChI is InChI=1S/C16H26OSi/c1-4-16(5-2,17-18)14-13-7-11-6-12(8-13)10-15(14,3)9-11/h4-5,11-14H,1-2,6-10H2,3,18H3. The first-order chi connectivity index (χ1) is 8.57. The maximum atomic E-state index is 6.03. The molecule has 3 atom stereocenters. The van der Waals surface area contributed by atoms with Gasteiger partial charge >= 0.3 is 0 Å². The molecule has 0 radical (unpaired) electrons. The summed E-state index contributed by atoms with van der Waals surface area (Å²) >= 11 is 0. The first-order valence-electron chi connectivity index (χ1n) is 7.39. The van der Waals surface area contributed by atoms with Crippen molar-refractivity contribution in [2.24, 2.45) is 29.1 Å². The third-order valence-electron chi connectivity index (χ3n) is 6.15. The third kappa shape index (κ3) is 1.55. The smallest absolute Gasteiger partial charge is 0.147 e. The highest BCUT2D eigenvalue weighted by molar-refractivity contribution is 5.98. The molecule has 0 aromatic rings. The van der Waals surface area contributed by atoms with Crippen molar-refractivity contribution in [1.82, 2.24) is 0 Å². The predicted molar refractivity (Wildman–Crippen MR) is 79.3 cm³/mol. The molecule has 0 aliphatic heterocycles. The molecule has 0 N–H and O–H groups in total. The molecule has 2 heteroatoms. The maximum absolute atomic E-state index is 6.03. The first kappa shape index (κ1) is 12.7. The average molecular weight is 262 g/mol. The van der Waals surface area contributed by atoms with E-state index < -0.39 is 0 Å². The van der Waals surface area contributed by atoms with Crippen LogP contribution >= 0.6 is 0 Å². The Morgan fingerprint density at radius 3 is 2.11 bits per heavy atom. The van der Waals surface area contributed by atoms with Crippen molar-refractivity contribution in [3.8, 4) is 0 Å². The van der Waals surface area contributed by atoms with Crippen LogP contribution in [0.25, 0.3) is 0 Å². The van der Waals surface area contributed by atoms with Crippen molar-refractivity contribution >= 4 is 10.5 Å². The Kier molecular flexibility index (Phi) is 2.87. The summed E-state index contributed by atoms with van der Waals surface area (Å²) in [6.45, 7) is 10.6. The van der Waals surface area contributed by atoms with Crippen LogP contribution in [-0.4, -0.2) is 16.1 Å². The summed E-state index contributed by atoms with van der Waals surface area (Å²) < 4.78 is 6.03. The van der Waals surface area contributed by atoms with Gasteiger partial charge in [-0.2, -0.15) is 0 Å². The summed E-state index contributed by atoms with van der Waals surface area (Å²) in [5.74, 6) is 3.44. The van der Waals surface area contributed by atoms with Crippen molar-refractivity contribution < 1.29 is 4.43 Å². The van der Waals surface area contributed by atoms with Crippen LogP contribution in [-0.2, 0) is 4.43 Å². The molecule has 0 aromatic heterocycles. The summed E-state index contributed by atoms with van der Waals surface area (Å²) in [4.78, 5) is 0. The molecule has 0 heterocycles. The highest BCUT2D eigenvalue weighted by Gasteiger charge is 2.59. The van der Waals surface area contributed by atoms with E-state index >= 15 is 0 Å². The lowest BCUT2D eigenvalue weighted by atomic mass is 9.43. The molecule has 4 fully saturated rings. The van der Waals surface area contributed by atoms with Gasteiger partial charge in [0, 0.05) is 5.92 Å². The second-order valence-corrected chi connectivity index (χ2v) is 7.61. The number of rotatable bonds is 4. The quantitative estimate of drug-likeness (QED) is 0.559. The monoisotopic (exact) mass is 262 g/mol. The van der Waals surface area contributed by atoms with Gasteiger partial charge in [0.25, 0.3) is 0 Å². The highest BCUT2D eigenvalue weighted by Crippen LogP contribution is 2.65. The van der Waals surface area contributed by atoms with E-state index in [1.165, 1.54) is 32.1 Å². The lowest BCUT2D eigenvalue weighted by molar-refractivity contribution is -0.145. The lowest BCUT2D eigenvalue weighted by Crippen LogP contribution is -2.59. The largest absolute Gasteiger partial charge is 0.415 e. The van der Waals surface area contributed by atoms with Gasteiger partial charge in [0.05, 0.1) is 5.60 Å². The molecule has 4 saturated carbocycles. The van der Waals surface area contributed by atoms with E-state index in [9.17, 15) is 0 Å². The van der Waals surface area contributed by atoms with Crippen LogP contribution in [0.2, 0.25) is 0 Å². The van der Waals surface area contributed by atoms with Gasteiger partial charge in [-0.25, -0.2) is 0 Å². The molecule has 18 heavy (non-hydrogen) atoms. The highest BCUT2D eigenvalue weighted by atomic mass is 28.2. The zero-order valence-electron chi connectivity index (χ0n) is 11.8. The zero-order chi connectivity index (χ0) is 13.0. The van der Waals surface area contributed by atoms with Crippen LogP contribution in [0.3, 0.4) is 0 Å². The summed E-state index contributed by atoms with van der Waals surface area (Å²) in [6.07, 6.45) is 11.2. The predicted octanol–water partition coefficient (Wildman–Crippen LogP) is 2.86. The van der Waals surface area contributed by atoms with Crippen molar-refractivity contribution in [2.75, 3.05) is 0 Å². The van der Waals surface area contributed by atoms with Crippen LogP contribution in [0.1, 0.15) is 39.0 Å². The lowest BCUT2D eigenvalue weighted by Gasteiger charge is -2.63. The Balaban J connectivity index is 2.01. The molecular formula is C16H26OSi. The molecule has 4 aliphatic carbocycles. The summed E-state index contributed by atoms with van der Waals surface area (Å²) in [5.41, 5.74) is 0.209. The SMILES string of the molecule is C=CC(C=C)(O[SiH3])C1C2CC3CC(C2)CC1(C)C3. The van der Waals surface area contributed by atoms with E-state index in [1.807, 2.05) is 12.2 Å². The molecule has 0 saturated heterocycles. The fourth-order valence-corrected chi connectivity index (χ4v) is 6.58. The van der Waals surface area contributed by atoms with E-state index in [1.54, 1.807) is 0 Å². The molecule has 0 spiro atoms. The Morgan fingerprint density at radius 1 is 1.17 bits per heavy atom. The first-order valence-corrected chi connectivity index (χ1v) is 8.21. The number of hydrogen-bond donors (Lipinski definition) is 0. The molecule has 4 bridgehead atoms. The van der Waals surface area contributed by atoms with Gasteiger partial charge in [-0.15, -0.1) is 0 Å². The van der Waals surface area contributed by atoms with E-state index in [-0.39, 0.29) is 5.60 Å². The summed E-state index contributed by atoms with van der Waals surface area (Å²) in [7, 11) is 0.760. The molecule has 4 rings (SSSR count). The van der Waals surface area contributed by atoms with Crippen LogP contribution in [0.4, 0.5) is 0 Å². The fraction of sp³-hybridized carbons (Fsp3) is 0.750. The van der Waals surface area contributed by atoms with Gasteiger partial charge < -0.3 is 4.43 Å². The van der Waals surface area contributed by atoms with Crippen LogP contribution < -0.4 is 0 Å². The fourth-order valence-electron chi connectivity index (χ4n) is 5.99. The van der Waals surface area contributed by atoms with Crippen molar-refractivity contribution in [3.63, 3.8) is 0 Å². The molecule has 3 unspecified atom stereocenters. The molecule has 0 amide bonds. The normalized spacial score (nSPS) is 46.3. The second kappa shape index (κ2) is 4.07. The van der Waals surface area contributed by atoms with Gasteiger partial charge in [0.2, 0.25) is 0 Å². The van der Waals surface area contributed by atoms with Gasteiger partial charge in [-0.1, -0.05) is 32.2 Å². The molecular weight excluding hydrogens is 236 g/mol. The van der Waals surface area contributed by atoms with Gasteiger partial charge in [0.15, 0.2) is 0 Å². The average Bonchev–Trinajstić information content (AvgIpc) is 2.32. The van der Waals surface area contributed by atoms with Crippen LogP contribution in [0, 0.1) is 29.1 Å². The minimum atomic E-state index is -0.251. The molecule has 1 nitrogen and oxygen atoms in total. The minimum absolute atomic E-state index is 0.251. The van der Waals surface area contributed by atoms with E-state index in [0.29, 0.717) is 11.3 Å². The maximum Gasteiger partial charge on any atom is 0.147 e. The Labute approximate surface area is 114 Å². The van der Waals surface area contributed by atoms with Crippen molar-refractivity contribution in [3.05, 3.63) is 25.3 Å². The topological polar surface area (TPSA) is 9.23 Å². The van der Waals surface area contributed by atoms with Crippen molar-refractivity contribution in [1.29, 1.82) is 0 Å². The molecule has 0 aromatic carbocycles. The third-order valence-corrected chi connectivity index (χ3v) is 6.86. The summed E-state index contributed by atoms with van der Waals surface area (Å²) in [6, 6.07) is 0. The van der Waals surface area contributed by atoms with Crippen LogP contribution in [0.15, 0.2) is 25.3 Å². The van der Waals surface area contributed by atoms with Crippen molar-refractivity contribution in [2.45, 2.75) is 44.6 Å². The Bertz CT molecular complexity index is 353. The second-order valence-electron chi connectivity index (χ2n) is 7.21. The Hall–Kier alpha value is -0.343. The van der Waals surface area contributed by atoms with E-state index in [0.717, 1.165) is 28.2 Å². The zero-order valence-corrected chi connectivity index (χ0v) is 13.8. The van der Waals surface area contributed by atoms with E-state index in [2.05, 4.69) is 20.1 Å². The van der Waals surface area contributed by atoms with E-state index in [4.69, 9.17) is 4.43 Å².